The van der Waals surface area contributed by atoms with Gasteiger partial charge in [0.15, 0.2) is 5.11 Å². The molecule has 1 aliphatic rings. The number of nitro benzene ring substituents is 1. The lowest BCUT2D eigenvalue weighted by Gasteiger charge is -2.14. The number of rotatable bonds is 5. The van der Waals surface area contributed by atoms with Crippen LogP contribution in [0.5, 0.6) is 0 Å². The number of para-hydroxylation sites is 1. The van der Waals surface area contributed by atoms with Crippen LogP contribution in [0.3, 0.4) is 0 Å². The molecule has 3 rings (SSSR count). The molecule has 0 amide bonds. The fourth-order valence-corrected chi connectivity index (χ4v) is 3.00. The Hall–Kier alpha value is -2.51. The topological polar surface area (TPSA) is 76.4 Å². The predicted molar refractivity (Wildman–Crippen MR) is 102 cm³/mol. The van der Waals surface area contributed by atoms with Gasteiger partial charge in [-0.05, 0) is 48.8 Å². The summed E-state index contributed by atoms with van der Waals surface area (Å²) in [6, 6.07) is 14.1. The van der Waals surface area contributed by atoms with Gasteiger partial charge in [-0.2, -0.15) is 0 Å². The Balaban J connectivity index is 1.62. The van der Waals surface area contributed by atoms with Gasteiger partial charge >= 0.3 is 0 Å². The van der Waals surface area contributed by atoms with Crippen molar-refractivity contribution in [3.05, 3.63) is 58.6 Å². The van der Waals surface area contributed by atoms with Gasteiger partial charge < -0.3 is 15.4 Å². The number of hydrogen-bond donors (Lipinski definition) is 2. The van der Waals surface area contributed by atoms with Crippen molar-refractivity contribution in [2.45, 2.75) is 18.9 Å². The van der Waals surface area contributed by atoms with Crippen LogP contribution in [0.15, 0.2) is 48.5 Å². The van der Waals surface area contributed by atoms with Crippen LogP contribution in [0.4, 0.5) is 11.4 Å². The van der Waals surface area contributed by atoms with E-state index in [1.807, 2.05) is 24.3 Å². The van der Waals surface area contributed by atoms with Crippen molar-refractivity contribution in [1.29, 1.82) is 0 Å². The van der Waals surface area contributed by atoms with Crippen LogP contribution in [0.25, 0.3) is 11.1 Å². The van der Waals surface area contributed by atoms with Crippen molar-refractivity contribution in [2.24, 2.45) is 0 Å². The average Bonchev–Trinajstić information content (AvgIpc) is 3.14. The first-order valence-corrected chi connectivity index (χ1v) is 8.54. The number of nitrogens with one attached hydrogen (secondary N) is 2. The molecule has 1 aliphatic heterocycles. The molecule has 1 atom stereocenters. The Labute approximate surface area is 151 Å². The summed E-state index contributed by atoms with van der Waals surface area (Å²) in [4.78, 5) is 10.8. The fourth-order valence-electron chi connectivity index (χ4n) is 2.80. The summed E-state index contributed by atoms with van der Waals surface area (Å²) in [6.07, 6.45) is 2.38. The molecule has 25 heavy (non-hydrogen) atoms. The zero-order valence-electron chi connectivity index (χ0n) is 13.6. The third-order valence-corrected chi connectivity index (χ3v) is 4.32. The Kier molecular flexibility index (Phi) is 5.57. The first-order chi connectivity index (χ1) is 12.1. The van der Waals surface area contributed by atoms with Crippen LogP contribution in [-0.2, 0) is 4.74 Å². The minimum atomic E-state index is -0.369. The second kappa shape index (κ2) is 8.04. The van der Waals surface area contributed by atoms with E-state index in [1.165, 1.54) is 6.07 Å². The van der Waals surface area contributed by atoms with Gasteiger partial charge in [0.25, 0.3) is 5.69 Å². The Morgan fingerprint density at radius 3 is 2.68 bits per heavy atom. The summed E-state index contributed by atoms with van der Waals surface area (Å²) in [5.74, 6) is 0. The molecule has 130 valence electrons. The summed E-state index contributed by atoms with van der Waals surface area (Å²) in [6.45, 7) is 1.51. The highest BCUT2D eigenvalue weighted by Gasteiger charge is 2.16. The minimum absolute atomic E-state index is 0.0944. The highest BCUT2D eigenvalue weighted by Crippen LogP contribution is 2.30. The molecule has 0 unspecified atom stereocenters. The van der Waals surface area contributed by atoms with E-state index in [0.717, 1.165) is 30.7 Å². The normalized spacial score (nSPS) is 16.4. The second-order valence-electron chi connectivity index (χ2n) is 5.82. The molecule has 2 aromatic rings. The molecule has 0 aromatic heterocycles. The number of thiocarbonyl (C=S) groups is 1. The summed E-state index contributed by atoms with van der Waals surface area (Å²) in [5, 5.41) is 17.9. The van der Waals surface area contributed by atoms with Crippen molar-refractivity contribution >= 4 is 28.7 Å². The van der Waals surface area contributed by atoms with Gasteiger partial charge in [0, 0.05) is 24.9 Å². The van der Waals surface area contributed by atoms with Crippen molar-refractivity contribution in [3.63, 3.8) is 0 Å². The molecule has 0 saturated carbocycles. The van der Waals surface area contributed by atoms with E-state index in [4.69, 9.17) is 17.0 Å². The van der Waals surface area contributed by atoms with E-state index in [2.05, 4.69) is 10.6 Å². The van der Waals surface area contributed by atoms with Crippen molar-refractivity contribution in [1.82, 2.24) is 5.32 Å². The van der Waals surface area contributed by atoms with E-state index >= 15 is 0 Å². The van der Waals surface area contributed by atoms with Gasteiger partial charge in [-0.1, -0.05) is 24.3 Å². The van der Waals surface area contributed by atoms with E-state index < -0.39 is 0 Å². The van der Waals surface area contributed by atoms with Crippen molar-refractivity contribution in [2.75, 3.05) is 18.5 Å². The zero-order valence-corrected chi connectivity index (χ0v) is 14.4. The quantitative estimate of drug-likeness (QED) is 0.482. The first kappa shape index (κ1) is 17.3. The maximum atomic E-state index is 11.1. The van der Waals surface area contributed by atoms with Crippen molar-refractivity contribution in [3.8, 4) is 11.1 Å². The first-order valence-electron chi connectivity index (χ1n) is 8.14. The maximum absolute atomic E-state index is 11.1. The Bertz CT molecular complexity index is 758. The molecule has 2 aromatic carbocycles. The molecular formula is C18H19N3O3S. The number of nitro groups is 1. The Morgan fingerprint density at radius 1 is 1.24 bits per heavy atom. The highest BCUT2D eigenvalue weighted by atomic mass is 32.1. The van der Waals surface area contributed by atoms with E-state index in [9.17, 15) is 10.1 Å². The van der Waals surface area contributed by atoms with E-state index in [-0.39, 0.29) is 16.7 Å². The lowest BCUT2D eigenvalue weighted by atomic mass is 10.0. The summed E-state index contributed by atoms with van der Waals surface area (Å²) in [5.41, 5.74) is 2.30. The molecule has 1 fully saturated rings. The molecule has 6 nitrogen and oxygen atoms in total. The average molecular weight is 357 g/mol. The highest BCUT2D eigenvalue weighted by molar-refractivity contribution is 7.80. The van der Waals surface area contributed by atoms with Gasteiger partial charge in [-0.25, -0.2) is 0 Å². The molecule has 7 heteroatoms. The van der Waals surface area contributed by atoms with Crippen LogP contribution < -0.4 is 10.6 Å². The molecule has 0 spiro atoms. The molecule has 0 radical (unpaired) electrons. The van der Waals surface area contributed by atoms with E-state index in [0.29, 0.717) is 17.2 Å². The number of nitrogens with zero attached hydrogens (tertiary/aromatic N) is 1. The second-order valence-corrected chi connectivity index (χ2v) is 6.23. The smallest absolute Gasteiger partial charge is 0.277 e. The summed E-state index contributed by atoms with van der Waals surface area (Å²) < 4.78 is 5.54. The number of hydrogen-bond acceptors (Lipinski definition) is 4. The van der Waals surface area contributed by atoms with Crippen LogP contribution >= 0.6 is 12.2 Å². The maximum Gasteiger partial charge on any atom is 0.277 e. The predicted octanol–water partition coefficient (Wildman–Crippen LogP) is 3.73. The zero-order chi connectivity index (χ0) is 17.6. The monoisotopic (exact) mass is 357 g/mol. The number of anilines is 1. The van der Waals surface area contributed by atoms with Gasteiger partial charge in [0.1, 0.15) is 0 Å². The van der Waals surface area contributed by atoms with E-state index in [1.54, 1.807) is 18.2 Å². The van der Waals surface area contributed by atoms with Gasteiger partial charge in [0.2, 0.25) is 0 Å². The molecule has 1 saturated heterocycles. The molecule has 0 bridgehead atoms. The summed E-state index contributed by atoms with van der Waals surface area (Å²) in [7, 11) is 0. The summed E-state index contributed by atoms with van der Waals surface area (Å²) >= 11 is 5.28. The van der Waals surface area contributed by atoms with Crippen LogP contribution in [0.1, 0.15) is 12.8 Å². The van der Waals surface area contributed by atoms with Gasteiger partial charge in [-0.3, -0.25) is 10.1 Å². The van der Waals surface area contributed by atoms with Gasteiger partial charge in [0.05, 0.1) is 16.6 Å². The van der Waals surface area contributed by atoms with Gasteiger partial charge in [-0.15, -0.1) is 0 Å². The van der Waals surface area contributed by atoms with Crippen LogP contribution in [0.2, 0.25) is 0 Å². The Morgan fingerprint density at radius 2 is 2.00 bits per heavy atom. The molecule has 0 aliphatic carbocycles. The number of ether oxygens (including phenoxy) is 1. The lowest BCUT2D eigenvalue weighted by molar-refractivity contribution is -0.384. The number of benzene rings is 2. The third kappa shape index (κ3) is 4.52. The fraction of sp³-hybridized carbons (Fsp3) is 0.278. The minimum Gasteiger partial charge on any atom is -0.376 e. The molecule has 2 N–H and O–H groups in total. The van der Waals surface area contributed by atoms with Crippen molar-refractivity contribution < 1.29 is 9.66 Å². The SMILES string of the molecule is O=[N+]([O-])c1ccccc1-c1ccc(NC(=S)NC[C@@H]2CCCO2)cc1. The lowest BCUT2D eigenvalue weighted by Crippen LogP contribution is -2.34. The van der Waals surface area contributed by atoms with Crippen LogP contribution in [0, 0.1) is 10.1 Å². The third-order valence-electron chi connectivity index (χ3n) is 4.07. The molecule has 1 heterocycles. The standard InChI is InChI=1S/C18H19N3O3S/c22-21(23)17-6-2-1-5-16(17)13-7-9-14(10-8-13)20-18(25)19-12-15-4-3-11-24-15/h1-2,5-10,15H,3-4,11-12H2,(H2,19,20,25)/t15-/m0/s1. The molecular weight excluding hydrogens is 338 g/mol. The largest absolute Gasteiger partial charge is 0.376 e. The van der Waals surface area contributed by atoms with Crippen LogP contribution in [-0.4, -0.2) is 29.3 Å².